The van der Waals surface area contributed by atoms with Gasteiger partial charge >= 0.3 is 0 Å². The fourth-order valence-electron chi connectivity index (χ4n) is 2.58. The fourth-order valence-corrected chi connectivity index (χ4v) is 2.58. The van der Waals surface area contributed by atoms with Crippen molar-refractivity contribution in [1.29, 1.82) is 0 Å². The molecule has 7 heteroatoms. The van der Waals surface area contributed by atoms with Crippen molar-refractivity contribution in [3.8, 4) is 0 Å². The molecule has 0 atom stereocenters. The summed E-state index contributed by atoms with van der Waals surface area (Å²) in [7, 11) is 0. The van der Waals surface area contributed by atoms with Crippen molar-refractivity contribution in [3.05, 3.63) is 36.0 Å². The molecule has 1 aliphatic carbocycles. The molecule has 1 aliphatic rings. The van der Waals surface area contributed by atoms with Crippen molar-refractivity contribution in [3.63, 3.8) is 0 Å². The molecule has 2 aromatic rings. The summed E-state index contributed by atoms with van der Waals surface area (Å²) in [5, 5.41) is 13.8. The van der Waals surface area contributed by atoms with Crippen molar-refractivity contribution >= 4 is 17.5 Å². The number of hydrogen-bond acceptors (Lipinski definition) is 5. The zero-order valence-corrected chi connectivity index (χ0v) is 12.0. The largest absolute Gasteiger partial charge is 0.350 e. The Morgan fingerprint density at radius 3 is 2.68 bits per heavy atom. The molecule has 116 valence electrons. The minimum Gasteiger partial charge on any atom is -0.350 e. The molecule has 2 N–H and O–H groups in total. The first-order valence-corrected chi connectivity index (χ1v) is 7.39. The van der Waals surface area contributed by atoms with Crippen LogP contribution in [0.2, 0.25) is 0 Å². The Labute approximate surface area is 127 Å². The molecule has 22 heavy (non-hydrogen) atoms. The molecule has 0 radical (unpaired) electrons. The first kappa shape index (κ1) is 14.6. The molecular weight excluding hydrogens is 288 g/mol. The normalized spacial score (nSPS) is 15.5. The van der Waals surface area contributed by atoms with Crippen LogP contribution in [0, 0.1) is 11.6 Å². The lowest BCUT2D eigenvalue weighted by Crippen LogP contribution is -2.23. The molecule has 0 bridgehead atoms. The van der Waals surface area contributed by atoms with Gasteiger partial charge in [0, 0.05) is 12.1 Å². The summed E-state index contributed by atoms with van der Waals surface area (Å²) in [5.41, 5.74) is 0.144. The Morgan fingerprint density at radius 2 is 1.91 bits per heavy atom. The maximum absolute atomic E-state index is 13.6. The summed E-state index contributed by atoms with van der Waals surface area (Å²) in [6, 6.07) is 3.67. The molecule has 1 fully saturated rings. The van der Waals surface area contributed by atoms with E-state index in [4.69, 9.17) is 0 Å². The first-order valence-electron chi connectivity index (χ1n) is 7.39. The highest BCUT2D eigenvalue weighted by molar-refractivity contribution is 5.56. The SMILES string of the molecule is Fc1ccc(Nc2cnnc(NC3CCCCC3)n2)c(F)c1. The maximum Gasteiger partial charge on any atom is 0.244 e. The summed E-state index contributed by atoms with van der Waals surface area (Å²) in [4.78, 5) is 4.27. The molecule has 3 rings (SSSR count). The van der Waals surface area contributed by atoms with Gasteiger partial charge in [0.25, 0.3) is 0 Å². The molecule has 0 spiro atoms. The second kappa shape index (κ2) is 6.64. The average Bonchev–Trinajstić information content (AvgIpc) is 2.52. The third kappa shape index (κ3) is 3.66. The van der Waals surface area contributed by atoms with Crippen LogP contribution in [0.4, 0.5) is 26.2 Å². The number of halogens is 2. The summed E-state index contributed by atoms with van der Waals surface area (Å²) < 4.78 is 26.5. The van der Waals surface area contributed by atoms with Gasteiger partial charge in [0.1, 0.15) is 11.6 Å². The van der Waals surface area contributed by atoms with E-state index in [1.54, 1.807) is 0 Å². The van der Waals surface area contributed by atoms with E-state index in [0.29, 0.717) is 17.8 Å². The molecule has 0 unspecified atom stereocenters. The van der Waals surface area contributed by atoms with Crippen LogP contribution in [0.15, 0.2) is 24.4 Å². The lowest BCUT2D eigenvalue weighted by molar-refractivity contribution is 0.460. The Kier molecular flexibility index (Phi) is 4.41. The van der Waals surface area contributed by atoms with Gasteiger partial charge in [-0.15, -0.1) is 5.10 Å². The predicted octanol–water partition coefficient (Wildman–Crippen LogP) is 3.64. The van der Waals surface area contributed by atoms with E-state index < -0.39 is 11.6 Å². The van der Waals surface area contributed by atoms with E-state index in [2.05, 4.69) is 25.8 Å². The number of nitrogens with one attached hydrogen (secondary N) is 2. The molecular formula is C15H17F2N5. The van der Waals surface area contributed by atoms with Gasteiger partial charge in [0.2, 0.25) is 5.95 Å². The van der Waals surface area contributed by atoms with Crippen molar-refractivity contribution in [2.75, 3.05) is 10.6 Å². The quantitative estimate of drug-likeness (QED) is 0.903. The first-order chi connectivity index (χ1) is 10.7. The molecule has 0 saturated heterocycles. The summed E-state index contributed by atoms with van der Waals surface area (Å²) in [5.74, 6) is -0.526. The predicted molar refractivity (Wildman–Crippen MR) is 80.0 cm³/mol. The molecule has 1 aromatic heterocycles. The van der Waals surface area contributed by atoms with E-state index >= 15 is 0 Å². The Morgan fingerprint density at radius 1 is 1.09 bits per heavy atom. The fraction of sp³-hybridized carbons (Fsp3) is 0.400. The Bertz CT molecular complexity index is 644. The molecule has 1 aromatic carbocycles. The number of benzene rings is 1. The zero-order chi connectivity index (χ0) is 15.4. The van der Waals surface area contributed by atoms with Gasteiger partial charge in [-0.25, -0.2) is 8.78 Å². The minimum absolute atomic E-state index is 0.144. The van der Waals surface area contributed by atoms with Gasteiger partial charge in [-0.05, 0) is 25.0 Å². The minimum atomic E-state index is -0.680. The third-order valence-electron chi connectivity index (χ3n) is 3.69. The second-order valence-electron chi connectivity index (χ2n) is 5.39. The number of anilines is 3. The topological polar surface area (TPSA) is 62.7 Å². The summed E-state index contributed by atoms with van der Waals surface area (Å²) in [6.07, 6.45) is 7.24. The lowest BCUT2D eigenvalue weighted by atomic mass is 9.96. The highest BCUT2D eigenvalue weighted by atomic mass is 19.1. The monoisotopic (exact) mass is 305 g/mol. The van der Waals surface area contributed by atoms with Gasteiger partial charge in [-0.1, -0.05) is 19.3 Å². The zero-order valence-electron chi connectivity index (χ0n) is 12.0. The number of nitrogens with zero attached hydrogens (tertiary/aromatic N) is 3. The van der Waals surface area contributed by atoms with Crippen molar-refractivity contribution in [2.24, 2.45) is 0 Å². The van der Waals surface area contributed by atoms with Crippen LogP contribution in [0.25, 0.3) is 0 Å². The van der Waals surface area contributed by atoms with Crippen LogP contribution < -0.4 is 10.6 Å². The van der Waals surface area contributed by atoms with Crippen LogP contribution in [0.1, 0.15) is 32.1 Å². The summed E-state index contributed by atoms with van der Waals surface area (Å²) in [6.45, 7) is 0. The molecule has 1 heterocycles. The highest BCUT2D eigenvalue weighted by Crippen LogP contribution is 2.22. The highest BCUT2D eigenvalue weighted by Gasteiger charge is 2.14. The van der Waals surface area contributed by atoms with Crippen LogP contribution in [0.3, 0.4) is 0 Å². The van der Waals surface area contributed by atoms with E-state index in [1.807, 2.05) is 0 Å². The van der Waals surface area contributed by atoms with Crippen LogP contribution in [-0.4, -0.2) is 21.2 Å². The molecule has 5 nitrogen and oxygen atoms in total. The van der Waals surface area contributed by atoms with E-state index in [0.717, 1.165) is 18.9 Å². The van der Waals surface area contributed by atoms with Gasteiger partial charge in [0.05, 0.1) is 11.9 Å². The second-order valence-corrected chi connectivity index (χ2v) is 5.39. The Balaban J connectivity index is 1.70. The van der Waals surface area contributed by atoms with E-state index in [-0.39, 0.29) is 5.69 Å². The summed E-state index contributed by atoms with van der Waals surface area (Å²) >= 11 is 0. The van der Waals surface area contributed by atoms with Crippen molar-refractivity contribution in [1.82, 2.24) is 15.2 Å². The molecule has 1 saturated carbocycles. The van der Waals surface area contributed by atoms with E-state index in [9.17, 15) is 8.78 Å². The molecule has 0 amide bonds. The van der Waals surface area contributed by atoms with E-state index in [1.165, 1.54) is 37.6 Å². The van der Waals surface area contributed by atoms with Gasteiger partial charge in [0.15, 0.2) is 5.82 Å². The van der Waals surface area contributed by atoms with Gasteiger partial charge in [-0.2, -0.15) is 10.1 Å². The van der Waals surface area contributed by atoms with Crippen LogP contribution in [-0.2, 0) is 0 Å². The van der Waals surface area contributed by atoms with Crippen molar-refractivity contribution in [2.45, 2.75) is 38.1 Å². The smallest absolute Gasteiger partial charge is 0.244 e. The van der Waals surface area contributed by atoms with Gasteiger partial charge < -0.3 is 10.6 Å². The van der Waals surface area contributed by atoms with Crippen LogP contribution in [0.5, 0.6) is 0 Å². The molecule has 0 aliphatic heterocycles. The Hall–Kier alpha value is -2.31. The maximum atomic E-state index is 13.6. The number of rotatable bonds is 4. The van der Waals surface area contributed by atoms with Crippen LogP contribution >= 0.6 is 0 Å². The number of aromatic nitrogens is 3. The lowest BCUT2D eigenvalue weighted by Gasteiger charge is -2.22. The number of hydrogen-bond donors (Lipinski definition) is 2. The van der Waals surface area contributed by atoms with Gasteiger partial charge in [-0.3, -0.25) is 0 Å². The average molecular weight is 305 g/mol. The standard InChI is InChI=1S/C15H17F2N5/c16-10-6-7-13(12(17)8-10)20-14-9-18-22-15(21-14)19-11-4-2-1-3-5-11/h6-9,11H,1-5H2,(H2,19,20,21,22). The van der Waals surface area contributed by atoms with Crippen molar-refractivity contribution < 1.29 is 8.78 Å². The third-order valence-corrected chi connectivity index (χ3v) is 3.69.